The smallest absolute Gasteiger partial charge is 0.416 e. The van der Waals surface area contributed by atoms with Crippen molar-refractivity contribution in [3.63, 3.8) is 0 Å². The summed E-state index contributed by atoms with van der Waals surface area (Å²) in [6.45, 7) is 7.85. The molecule has 5 nitrogen and oxygen atoms in total. The maximum absolute atomic E-state index is 12.9. The third kappa shape index (κ3) is 3.78. The summed E-state index contributed by atoms with van der Waals surface area (Å²) in [4.78, 5) is 16.7. The van der Waals surface area contributed by atoms with E-state index >= 15 is 0 Å². The fourth-order valence-corrected chi connectivity index (χ4v) is 2.76. The summed E-state index contributed by atoms with van der Waals surface area (Å²) < 4.78 is 45.4. The zero-order valence-corrected chi connectivity index (χ0v) is 14.7. The van der Waals surface area contributed by atoms with Gasteiger partial charge in [0.1, 0.15) is 11.2 Å². The van der Waals surface area contributed by atoms with E-state index < -0.39 is 29.9 Å². The Bertz CT molecular complexity index is 791. The number of esters is 1. The first-order valence-electron chi connectivity index (χ1n) is 7.78. The lowest BCUT2D eigenvalue weighted by Crippen LogP contribution is -2.36. The second-order valence-electron chi connectivity index (χ2n) is 6.93. The van der Waals surface area contributed by atoms with E-state index in [9.17, 15) is 23.1 Å². The van der Waals surface area contributed by atoms with Gasteiger partial charge >= 0.3 is 12.1 Å². The molecule has 2 heterocycles. The second kappa shape index (κ2) is 6.33. The van der Waals surface area contributed by atoms with Crippen LogP contribution >= 0.6 is 0 Å². The average Bonchev–Trinajstić information content (AvgIpc) is 2.75. The molecule has 0 fully saturated rings. The molecule has 0 spiro atoms. The van der Waals surface area contributed by atoms with E-state index in [1.165, 1.54) is 24.6 Å². The van der Waals surface area contributed by atoms with Crippen molar-refractivity contribution in [1.29, 1.82) is 0 Å². The van der Waals surface area contributed by atoms with E-state index in [0.29, 0.717) is 5.39 Å². The van der Waals surface area contributed by atoms with E-state index in [-0.39, 0.29) is 16.9 Å². The first-order chi connectivity index (χ1) is 11.3. The number of aliphatic hydroxyl groups is 1. The van der Waals surface area contributed by atoms with Gasteiger partial charge in [-0.15, -0.1) is 0 Å². The summed E-state index contributed by atoms with van der Waals surface area (Å²) in [5, 5.41) is 10.0. The van der Waals surface area contributed by atoms with Crippen molar-refractivity contribution < 1.29 is 27.8 Å². The Morgan fingerprint density at radius 1 is 1.32 bits per heavy atom. The van der Waals surface area contributed by atoms with Gasteiger partial charge in [-0.3, -0.25) is 0 Å². The van der Waals surface area contributed by atoms with E-state index in [1.807, 2.05) is 0 Å². The van der Waals surface area contributed by atoms with Crippen LogP contribution in [0.15, 0.2) is 18.3 Å². The topological polar surface area (TPSA) is 64.3 Å². The van der Waals surface area contributed by atoms with Crippen LogP contribution in [0, 0.1) is 6.92 Å². The lowest BCUT2D eigenvalue weighted by Gasteiger charge is -2.24. The number of rotatable bonds is 3. The maximum Gasteiger partial charge on any atom is 0.416 e. The molecule has 2 rings (SSSR count). The van der Waals surface area contributed by atoms with E-state index in [1.54, 1.807) is 32.9 Å². The van der Waals surface area contributed by atoms with Gasteiger partial charge < -0.3 is 14.4 Å². The molecule has 0 aromatic carbocycles. The third-order valence-electron chi connectivity index (χ3n) is 3.81. The number of fused-ring (bicyclic) bond motifs is 1. The SMILES string of the molecule is Cc1c(C(=O)OC(C)(C)C)c2cccnc2n1C(C)C(O)C(F)(F)F. The Balaban J connectivity index is 2.64. The first kappa shape index (κ1) is 19.2. The quantitative estimate of drug-likeness (QED) is 0.848. The Hall–Kier alpha value is -2.09. The normalized spacial score (nSPS) is 15.2. The standard InChI is InChI=1S/C17H21F3N2O3/c1-9-12(15(24)25-16(3,4)5)11-7-6-8-21-14(11)22(9)10(2)13(23)17(18,19)20/h6-8,10,13,23H,1-5H3. The maximum atomic E-state index is 12.9. The van der Waals surface area contributed by atoms with Crippen LogP contribution in [0.4, 0.5) is 13.2 Å². The van der Waals surface area contributed by atoms with Crippen LogP contribution in [-0.4, -0.2) is 38.5 Å². The van der Waals surface area contributed by atoms with Gasteiger partial charge in [-0.25, -0.2) is 9.78 Å². The highest BCUT2D eigenvalue weighted by Crippen LogP contribution is 2.34. The van der Waals surface area contributed by atoms with Crippen molar-refractivity contribution in [2.45, 2.75) is 58.5 Å². The Labute approximate surface area is 143 Å². The highest BCUT2D eigenvalue weighted by Gasteiger charge is 2.43. The zero-order chi connectivity index (χ0) is 19.2. The van der Waals surface area contributed by atoms with Crippen molar-refractivity contribution in [3.8, 4) is 0 Å². The van der Waals surface area contributed by atoms with Crippen molar-refractivity contribution in [3.05, 3.63) is 29.6 Å². The minimum absolute atomic E-state index is 0.152. The molecule has 0 radical (unpaired) electrons. The van der Waals surface area contributed by atoms with Gasteiger partial charge in [0.2, 0.25) is 0 Å². The van der Waals surface area contributed by atoms with Gasteiger partial charge in [0.05, 0.1) is 11.6 Å². The number of ether oxygens (including phenoxy) is 1. The fraction of sp³-hybridized carbons (Fsp3) is 0.529. The number of hydrogen-bond acceptors (Lipinski definition) is 4. The molecule has 1 N–H and O–H groups in total. The third-order valence-corrected chi connectivity index (χ3v) is 3.81. The summed E-state index contributed by atoms with van der Waals surface area (Å²) in [5.74, 6) is -0.643. The molecule has 8 heteroatoms. The van der Waals surface area contributed by atoms with Crippen LogP contribution in [0.3, 0.4) is 0 Å². The first-order valence-corrected chi connectivity index (χ1v) is 7.78. The number of nitrogens with zero attached hydrogens (tertiary/aromatic N) is 2. The van der Waals surface area contributed by atoms with Gasteiger partial charge in [-0.1, -0.05) is 0 Å². The summed E-state index contributed by atoms with van der Waals surface area (Å²) in [6, 6.07) is 1.83. The molecular formula is C17H21F3N2O3. The van der Waals surface area contributed by atoms with Crippen LogP contribution in [0.1, 0.15) is 49.8 Å². The summed E-state index contributed by atoms with van der Waals surface area (Å²) in [7, 11) is 0. The largest absolute Gasteiger partial charge is 0.456 e. The van der Waals surface area contributed by atoms with Crippen LogP contribution in [0.5, 0.6) is 0 Å². The molecule has 0 aliphatic heterocycles. The fourth-order valence-electron chi connectivity index (χ4n) is 2.76. The van der Waals surface area contributed by atoms with Gasteiger partial charge in [-0.05, 0) is 46.8 Å². The molecule has 0 aliphatic carbocycles. The predicted octanol–water partition coefficient (Wildman–Crippen LogP) is 3.78. The second-order valence-corrected chi connectivity index (χ2v) is 6.93. The summed E-state index contributed by atoms with van der Waals surface area (Å²) in [5.41, 5.74) is -0.147. The number of aromatic nitrogens is 2. The van der Waals surface area contributed by atoms with Gasteiger partial charge in [0, 0.05) is 17.3 Å². The summed E-state index contributed by atoms with van der Waals surface area (Å²) in [6.07, 6.45) is -5.96. The van der Waals surface area contributed by atoms with Crippen molar-refractivity contribution in [2.75, 3.05) is 0 Å². The minimum atomic E-state index is -4.79. The van der Waals surface area contributed by atoms with Gasteiger partial charge in [-0.2, -0.15) is 13.2 Å². The molecule has 2 aromatic rings. The minimum Gasteiger partial charge on any atom is -0.456 e. The van der Waals surface area contributed by atoms with Crippen LogP contribution in [0.25, 0.3) is 11.0 Å². The van der Waals surface area contributed by atoms with Gasteiger partial charge in [0.15, 0.2) is 6.10 Å². The monoisotopic (exact) mass is 358 g/mol. The molecule has 138 valence electrons. The molecule has 0 bridgehead atoms. The molecule has 25 heavy (non-hydrogen) atoms. The predicted molar refractivity (Wildman–Crippen MR) is 86.4 cm³/mol. The van der Waals surface area contributed by atoms with E-state index in [4.69, 9.17) is 4.74 Å². The van der Waals surface area contributed by atoms with Crippen molar-refractivity contribution in [2.24, 2.45) is 0 Å². The number of hydrogen-bond donors (Lipinski definition) is 1. The molecular weight excluding hydrogens is 337 g/mol. The lowest BCUT2D eigenvalue weighted by molar-refractivity contribution is -0.214. The lowest BCUT2D eigenvalue weighted by atomic mass is 10.1. The Kier molecular flexibility index (Phi) is 4.87. The highest BCUT2D eigenvalue weighted by atomic mass is 19.4. The highest BCUT2D eigenvalue weighted by molar-refractivity contribution is 6.05. The molecule has 2 aromatic heterocycles. The molecule has 0 amide bonds. The zero-order valence-electron chi connectivity index (χ0n) is 14.7. The molecule has 0 aliphatic rings. The number of carbonyl (C=O) groups is 1. The molecule has 0 saturated carbocycles. The van der Waals surface area contributed by atoms with Crippen LogP contribution in [-0.2, 0) is 4.74 Å². The van der Waals surface area contributed by atoms with Crippen LogP contribution < -0.4 is 0 Å². The molecule has 2 unspecified atom stereocenters. The van der Waals surface area contributed by atoms with E-state index in [2.05, 4.69) is 4.98 Å². The number of alkyl halides is 3. The number of halogens is 3. The van der Waals surface area contributed by atoms with Crippen molar-refractivity contribution >= 4 is 17.0 Å². The number of aliphatic hydroxyl groups excluding tert-OH is 1. The molecule has 2 atom stereocenters. The van der Waals surface area contributed by atoms with Gasteiger partial charge in [0.25, 0.3) is 0 Å². The average molecular weight is 358 g/mol. The Morgan fingerprint density at radius 3 is 2.44 bits per heavy atom. The molecule has 0 saturated heterocycles. The number of carbonyl (C=O) groups excluding carboxylic acids is 1. The number of pyridine rings is 1. The van der Waals surface area contributed by atoms with E-state index in [0.717, 1.165) is 0 Å². The Morgan fingerprint density at radius 2 is 1.92 bits per heavy atom. The summed E-state index contributed by atoms with van der Waals surface area (Å²) >= 11 is 0. The van der Waals surface area contributed by atoms with Crippen LogP contribution in [0.2, 0.25) is 0 Å². The van der Waals surface area contributed by atoms with Crippen molar-refractivity contribution in [1.82, 2.24) is 9.55 Å².